The van der Waals surface area contributed by atoms with Gasteiger partial charge in [0.15, 0.2) is 5.96 Å². The number of ether oxygens (including phenoxy) is 2. The molecule has 0 unspecified atom stereocenters. The largest absolute Gasteiger partial charge is 0.382 e. The first-order chi connectivity index (χ1) is 13.2. The van der Waals surface area contributed by atoms with Crippen LogP contribution in [0, 0.1) is 0 Å². The highest BCUT2D eigenvalue weighted by molar-refractivity contribution is 14.0. The number of guanidine groups is 1. The summed E-state index contributed by atoms with van der Waals surface area (Å²) in [7, 11) is 1.68. The summed E-state index contributed by atoms with van der Waals surface area (Å²) in [6, 6.07) is 8.59. The number of nitrogens with one attached hydrogen (secondary N) is 2. The van der Waals surface area contributed by atoms with Gasteiger partial charge in [-0.15, -0.1) is 24.0 Å². The molecule has 0 amide bonds. The van der Waals surface area contributed by atoms with E-state index < -0.39 is 0 Å². The zero-order valence-electron chi connectivity index (χ0n) is 18.0. The number of aliphatic imine (C=N–C) groups is 1. The molecule has 0 spiro atoms. The van der Waals surface area contributed by atoms with Crippen molar-refractivity contribution in [1.29, 1.82) is 0 Å². The third-order valence-electron chi connectivity index (χ3n) is 4.35. The average molecular weight is 506 g/mol. The molecule has 7 heteroatoms. The van der Waals surface area contributed by atoms with Crippen molar-refractivity contribution in [2.24, 2.45) is 4.99 Å². The average Bonchev–Trinajstić information content (AvgIpc) is 2.70. The first-order valence-electron chi connectivity index (χ1n) is 10.1. The molecular formula is C21H39IN4O2. The van der Waals surface area contributed by atoms with Gasteiger partial charge in [0.05, 0.1) is 19.8 Å². The molecule has 0 heterocycles. The van der Waals surface area contributed by atoms with Gasteiger partial charge >= 0.3 is 0 Å². The van der Waals surface area contributed by atoms with Gasteiger partial charge in [-0.25, -0.2) is 4.99 Å². The van der Waals surface area contributed by atoms with E-state index in [2.05, 4.69) is 60.6 Å². The van der Waals surface area contributed by atoms with E-state index in [0.717, 1.165) is 51.7 Å². The van der Waals surface area contributed by atoms with Crippen molar-refractivity contribution in [2.75, 3.05) is 53.1 Å². The molecule has 0 aliphatic heterocycles. The third-order valence-corrected chi connectivity index (χ3v) is 4.35. The highest BCUT2D eigenvalue weighted by Gasteiger charge is 2.06. The minimum Gasteiger partial charge on any atom is -0.382 e. The van der Waals surface area contributed by atoms with Crippen LogP contribution in [0.25, 0.3) is 0 Å². The van der Waals surface area contributed by atoms with Gasteiger partial charge in [0.2, 0.25) is 0 Å². The summed E-state index contributed by atoms with van der Waals surface area (Å²) in [6.45, 7) is 14.0. The lowest BCUT2D eigenvalue weighted by molar-refractivity contribution is 0.0698. The molecule has 0 aromatic heterocycles. The highest BCUT2D eigenvalue weighted by Crippen LogP contribution is 2.13. The Morgan fingerprint density at radius 3 is 2.36 bits per heavy atom. The molecule has 0 aliphatic rings. The fourth-order valence-electron chi connectivity index (χ4n) is 2.69. The Hall–Kier alpha value is -0.900. The van der Waals surface area contributed by atoms with Crippen molar-refractivity contribution in [3.8, 4) is 0 Å². The third kappa shape index (κ3) is 11.8. The molecule has 0 saturated carbocycles. The van der Waals surface area contributed by atoms with Gasteiger partial charge in [0, 0.05) is 33.4 Å². The predicted molar refractivity (Wildman–Crippen MR) is 129 cm³/mol. The van der Waals surface area contributed by atoms with Crippen LogP contribution in [0.1, 0.15) is 38.3 Å². The Kier molecular flexibility index (Phi) is 17.6. The van der Waals surface area contributed by atoms with E-state index in [0.29, 0.717) is 19.8 Å². The zero-order chi connectivity index (χ0) is 19.7. The number of benzene rings is 1. The Labute approximate surface area is 188 Å². The zero-order valence-corrected chi connectivity index (χ0v) is 20.3. The molecule has 0 fully saturated rings. The summed E-state index contributed by atoms with van der Waals surface area (Å²) >= 11 is 0. The van der Waals surface area contributed by atoms with E-state index >= 15 is 0 Å². The Bertz CT molecular complexity index is 525. The van der Waals surface area contributed by atoms with Crippen LogP contribution in [0.4, 0.5) is 0 Å². The maximum atomic E-state index is 5.49. The van der Waals surface area contributed by atoms with Crippen LogP contribution in [-0.2, 0) is 22.6 Å². The molecule has 0 atom stereocenters. The molecule has 6 nitrogen and oxygen atoms in total. The maximum Gasteiger partial charge on any atom is 0.191 e. The number of hydrogen-bond donors (Lipinski definition) is 2. The van der Waals surface area contributed by atoms with Crippen LogP contribution in [-0.4, -0.2) is 64.0 Å². The molecule has 0 aliphatic carbocycles. The highest BCUT2D eigenvalue weighted by atomic mass is 127. The minimum absolute atomic E-state index is 0. The van der Waals surface area contributed by atoms with Crippen molar-refractivity contribution in [2.45, 2.75) is 40.3 Å². The lowest BCUT2D eigenvalue weighted by Crippen LogP contribution is -2.38. The molecule has 2 N–H and O–H groups in total. The van der Waals surface area contributed by atoms with Crippen LogP contribution < -0.4 is 10.6 Å². The van der Waals surface area contributed by atoms with E-state index in [1.165, 1.54) is 11.1 Å². The van der Waals surface area contributed by atoms with Gasteiger partial charge in [-0.1, -0.05) is 38.1 Å². The predicted octanol–water partition coefficient (Wildman–Crippen LogP) is 3.25. The van der Waals surface area contributed by atoms with Gasteiger partial charge < -0.3 is 20.1 Å². The Morgan fingerprint density at radius 2 is 1.71 bits per heavy atom. The minimum atomic E-state index is 0. The number of nitrogens with zero attached hydrogens (tertiary/aromatic N) is 2. The first kappa shape index (κ1) is 27.1. The fraction of sp³-hybridized carbons (Fsp3) is 0.667. The molecule has 1 aromatic rings. The first-order valence-corrected chi connectivity index (χ1v) is 10.1. The standard InChI is InChI=1S/C21H38N4O2.HI/c1-5-22-21(23-13-10-14-27-16-15-26-4)24-17-19-11-8-9-12-20(19)18-25(6-2)7-3;/h8-9,11-12H,5-7,10,13-18H2,1-4H3,(H2,22,23,24);1H. The number of hydrogen-bond acceptors (Lipinski definition) is 4. The van der Waals surface area contributed by atoms with Gasteiger partial charge in [-0.3, -0.25) is 4.90 Å². The van der Waals surface area contributed by atoms with E-state index in [1.807, 2.05) is 0 Å². The maximum absolute atomic E-state index is 5.49. The molecule has 0 bridgehead atoms. The van der Waals surface area contributed by atoms with Gasteiger partial charge in [-0.05, 0) is 37.6 Å². The molecule has 0 saturated heterocycles. The SMILES string of the molecule is CCNC(=NCc1ccccc1CN(CC)CC)NCCCOCCOC.I. The monoisotopic (exact) mass is 506 g/mol. The van der Waals surface area contributed by atoms with Crippen molar-refractivity contribution >= 4 is 29.9 Å². The fourth-order valence-corrected chi connectivity index (χ4v) is 2.69. The van der Waals surface area contributed by atoms with Crippen molar-refractivity contribution in [3.05, 3.63) is 35.4 Å². The summed E-state index contributed by atoms with van der Waals surface area (Å²) in [6.07, 6.45) is 0.937. The molecular weight excluding hydrogens is 467 g/mol. The van der Waals surface area contributed by atoms with E-state index in [9.17, 15) is 0 Å². The molecule has 28 heavy (non-hydrogen) atoms. The van der Waals surface area contributed by atoms with E-state index in [1.54, 1.807) is 7.11 Å². The molecule has 162 valence electrons. The van der Waals surface area contributed by atoms with Crippen LogP contribution in [0.15, 0.2) is 29.3 Å². The summed E-state index contributed by atoms with van der Waals surface area (Å²) in [4.78, 5) is 7.19. The topological polar surface area (TPSA) is 58.1 Å². The van der Waals surface area contributed by atoms with Crippen molar-refractivity contribution in [3.63, 3.8) is 0 Å². The Morgan fingerprint density at radius 1 is 1.00 bits per heavy atom. The van der Waals surface area contributed by atoms with Crippen molar-refractivity contribution in [1.82, 2.24) is 15.5 Å². The van der Waals surface area contributed by atoms with E-state index in [4.69, 9.17) is 14.5 Å². The second-order valence-electron chi connectivity index (χ2n) is 6.31. The van der Waals surface area contributed by atoms with Crippen molar-refractivity contribution < 1.29 is 9.47 Å². The number of rotatable bonds is 14. The number of methoxy groups -OCH3 is 1. The van der Waals surface area contributed by atoms with Gasteiger partial charge in [0.25, 0.3) is 0 Å². The number of halogens is 1. The second kappa shape index (κ2) is 18.1. The smallest absolute Gasteiger partial charge is 0.191 e. The summed E-state index contributed by atoms with van der Waals surface area (Å²) in [5.41, 5.74) is 2.64. The Balaban J connectivity index is 0.00000729. The molecule has 0 radical (unpaired) electrons. The van der Waals surface area contributed by atoms with Gasteiger partial charge in [-0.2, -0.15) is 0 Å². The second-order valence-corrected chi connectivity index (χ2v) is 6.31. The van der Waals surface area contributed by atoms with Crippen LogP contribution in [0.3, 0.4) is 0 Å². The van der Waals surface area contributed by atoms with Crippen LogP contribution in [0.2, 0.25) is 0 Å². The van der Waals surface area contributed by atoms with E-state index in [-0.39, 0.29) is 24.0 Å². The van der Waals surface area contributed by atoms with Crippen LogP contribution in [0.5, 0.6) is 0 Å². The summed E-state index contributed by atoms with van der Waals surface area (Å²) in [5.74, 6) is 0.854. The molecule has 1 rings (SSSR count). The van der Waals surface area contributed by atoms with Gasteiger partial charge in [0.1, 0.15) is 0 Å². The summed E-state index contributed by atoms with van der Waals surface area (Å²) in [5, 5.41) is 6.70. The lowest BCUT2D eigenvalue weighted by atomic mass is 10.1. The quantitative estimate of drug-likeness (QED) is 0.176. The molecule has 1 aromatic carbocycles. The summed E-state index contributed by atoms with van der Waals surface area (Å²) < 4.78 is 10.5. The lowest BCUT2D eigenvalue weighted by Gasteiger charge is -2.20. The normalized spacial score (nSPS) is 11.4. The van der Waals surface area contributed by atoms with Crippen LogP contribution >= 0.6 is 24.0 Å².